The molecule has 2 aromatic heterocycles. The van der Waals surface area contributed by atoms with Crippen molar-refractivity contribution in [3.8, 4) is 0 Å². The molecular formula is C25H23ClFN3. The molecule has 30 heavy (non-hydrogen) atoms. The standard InChI is InChI=1S/C25H23ClFN3/c1-16-17(2)30(14-18-7-9-21(27)10-8-18)24-22(16)13-23(26)28-25(24)29-12-11-19-5-3-4-6-20(19)15-29/h3-10,13H,11-12,14-15H2,1-2H3. The Hall–Kier alpha value is -2.85. The Morgan fingerprint density at radius 3 is 2.53 bits per heavy atom. The summed E-state index contributed by atoms with van der Waals surface area (Å²) in [5.41, 5.74) is 7.27. The molecule has 2 aromatic carbocycles. The SMILES string of the molecule is Cc1c(C)n(Cc2ccc(F)cc2)c2c(N3CCc4ccccc4C3)nc(Cl)cc12. The van der Waals surface area contributed by atoms with Gasteiger partial charge in [-0.1, -0.05) is 48.0 Å². The second kappa shape index (κ2) is 7.44. The third kappa shape index (κ3) is 3.25. The third-order valence-electron chi connectivity index (χ3n) is 6.25. The van der Waals surface area contributed by atoms with Gasteiger partial charge in [-0.25, -0.2) is 9.37 Å². The Bertz CT molecular complexity index is 1240. The van der Waals surface area contributed by atoms with Gasteiger partial charge in [-0.15, -0.1) is 0 Å². The molecule has 1 aliphatic heterocycles. The van der Waals surface area contributed by atoms with Crippen LogP contribution >= 0.6 is 11.6 Å². The molecule has 0 bridgehead atoms. The number of benzene rings is 2. The molecular weight excluding hydrogens is 397 g/mol. The van der Waals surface area contributed by atoms with Gasteiger partial charge in [-0.05, 0) is 60.7 Å². The van der Waals surface area contributed by atoms with Crippen LogP contribution in [0.3, 0.4) is 0 Å². The lowest BCUT2D eigenvalue weighted by molar-refractivity contribution is 0.626. The zero-order valence-electron chi connectivity index (χ0n) is 17.1. The molecule has 0 atom stereocenters. The Morgan fingerprint density at radius 1 is 1.03 bits per heavy atom. The first kappa shape index (κ1) is 19.1. The van der Waals surface area contributed by atoms with E-state index in [2.05, 4.69) is 47.6 Å². The summed E-state index contributed by atoms with van der Waals surface area (Å²) in [6, 6.07) is 17.3. The molecule has 152 valence electrons. The first-order valence-corrected chi connectivity index (χ1v) is 10.6. The van der Waals surface area contributed by atoms with Crippen LogP contribution in [0.1, 0.15) is 27.9 Å². The molecule has 0 N–H and O–H groups in total. The molecule has 5 heteroatoms. The van der Waals surface area contributed by atoms with Crippen LogP contribution in [0.4, 0.5) is 10.2 Å². The monoisotopic (exact) mass is 419 g/mol. The zero-order valence-corrected chi connectivity index (χ0v) is 17.9. The molecule has 4 aromatic rings. The summed E-state index contributed by atoms with van der Waals surface area (Å²) < 4.78 is 15.7. The average molecular weight is 420 g/mol. The second-order valence-electron chi connectivity index (χ2n) is 8.03. The molecule has 5 rings (SSSR count). The largest absolute Gasteiger partial charge is 0.350 e. The van der Waals surface area contributed by atoms with Crippen LogP contribution < -0.4 is 4.90 Å². The highest BCUT2D eigenvalue weighted by atomic mass is 35.5. The van der Waals surface area contributed by atoms with E-state index >= 15 is 0 Å². The topological polar surface area (TPSA) is 21.1 Å². The van der Waals surface area contributed by atoms with Crippen LogP contribution in [-0.4, -0.2) is 16.1 Å². The van der Waals surface area contributed by atoms with Crippen LogP contribution in [0.2, 0.25) is 5.15 Å². The maximum atomic E-state index is 13.4. The molecule has 0 fully saturated rings. The molecule has 1 aliphatic rings. The van der Waals surface area contributed by atoms with E-state index in [0.29, 0.717) is 11.7 Å². The summed E-state index contributed by atoms with van der Waals surface area (Å²) in [5.74, 6) is 0.704. The highest BCUT2D eigenvalue weighted by molar-refractivity contribution is 6.30. The average Bonchev–Trinajstić information content (AvgIpc) is 2.99. The van der Waals surface area contributed by atoms with Gasteiger partial charge in [0.15, 0.2) is 5.82 Å². The minimum Gasteiger partial charge on any atom is -0.350 e. The lowest BCUT2D eigenvalue weighted by Gasteiger charge is -2.30. The molecule has 0 amide bonds. The van der Waals surface area contributed by atoms with E-state index in [1.54, 1.807) is 0 Å². The van der Waals surface area contributed by atoms with Gasteiger partial charge >= 0.3 is 0 Å². The van der Waals surface area contributed by atoms with Crippen molar-refractivity contribution in [2.24, 2.45) is 0 Å². The highest BCUT2D eigenvalue weighted by Crippen LogP contribution is 2.36. The van der Waals surface area contributed by atoms with E-state index in [1.807, 2.05) is 18.2 Å². The minimum absolute atomic E-state index is 0.217. The zero-order chi connectivity index (χ0) is 20.8. The van der Waals surface area contributed by atoms with E-state index in [4.69, 9.17) is 16.6 Å². The molecule has 0 unspecified atom stereocenters. The Kier molecular flexibility index (Phi) is 4.75. The van der Waals surface area contributed by atoms with Crippen LogP contribution in [-0.2, 0) is 19.5 Å². The van der Waals surface area contributed by atoms with Gasteiger partial charge < -0.3 is 9.47 Å². The van der Waals surface area contributed by atoms with E-state index in [-0.39, 0.29) is 5.82 Å². The van der Waals surface area contributed by atoms with Crippen LogP contribution in [0.25, 0.3) is 10.9 Å². The van der Waals surface area contributed by atoms with Crippen LogP contribution in [0, 0.1) is 19.7 Å². The van der Waals surface area contributed by atoms with Gasteiger partial charge in [-0.3, -0.25) is 0 Å². The third-order valence-corrected chi connectivity index (χ3v) is 6.44. The molecule has 3 heterocycles. The van der Waals surface area contributed by atoms with Crippen molar-refractivity contribution in [2.45, 2.75) is 33.4 Å². The molecule has 0 spiro atoms. The predicted octanol–water partition coefficient (Wildman–Crippen LogP) is 6.06. The van der Waals surface area contributed by atoms with Crippen molar-refractivity contribution in [1.82, 2.24) is 9.55 Å². The quantitative estimate of drug-likeness (QED) is 0.376. The number of nitrogens with zero attached hydrogens (tertiary/aromatic N) is 3. The Balaban J connectivity index is 1.65. The van der Waals surface area contributed by atoms with Gasteiger partial charge in [0.1, 0.15) is 11.0 Å². The molecule has 0 radical (unpaired) electrons. The fraction of sp³-hybridized carbons (Fsp3) is 0.240. The minimum atomic E-state index is -0.217. The van der Waals surface area contributed by atoms with Crippen LogP contribution in [0.5, 0.6) is 0 Å². The van der Waals surface area contributed by atoms with Gasteiger partial charge in [-0.2, -0.15) is 0 Å². The first-order chi connectivity index (χ1) is 14.5. The van der Waals surface area contributed by atoms with Gasteiger partial charge in [0, 0.05) is 30.7 Å². The normalized spacial score (nSPS) is 13.7. The number of aryl methyl sites for hydroxylation is 1. The number of hydrogen-bond acceptors (Lipinski definition) is 2. The Labute approximate surface area is 180 Å². The van der Waals surface area contributed by atoms with Crippen molar-refractivity contribution < 1.29 is 4.39 Å². The summed E-state index contributed by atoms with van der Waals surface area (Å²) in [6.07, 6.45) is 0.989. The van der Waals surface area contributed by atoms with Crippen molar-refractivity contribution in [3.05, 3.63) is 93.5 Å². The number of rotatable bonds is 3. The Morgan fingerprint density at radius 2 is 1.77 bits per heavy atom. The van der Waals surface area contributed by atoms with E-state index < -0.39 is 0 Å². The lowest BCUT2D eigenvalue weighted by atomic mass is 10.00. The fourth-order valence-electron chi connectivity index (χ4n) is 4.48. The smallest absolute Gasteiger partial charge is 0.155 e. The van der Waals surface area contributed by atoms with E-state index in [9.17, 15) is 4.39 Å². The molecule has 0 aliphatic carbocycles. The van der Waals surface area contributed by atoms with Gasteiger partial charge in [0.05, 0.1) is 5.52 Å². The number of aromatic nitrogens is 2. The summed E-state index contributed by atoms with van der Waals surface area (Å²) in [4.78, 5) is 7.11. The summed E-state index contributed by atoms with van der Waals surface area (Å²) in [6.45, 7) is 6.64. The maximum absolute atomic E-state index is 13.4. The summed E-state index contributed by atoms with van der Waals surface area (Å²) in [7, 11) is 0. The molecule has 0 saturated heterocycles. The van der Waals surface area contributed by atoms with E-state index in [0.717, 1.165) is 41.8 Å². The number of hydrogen-bond donors (Lipinski definition) is 0. The van der Waals surface area contributed by atoms with E-state index in [1.165, 1.54) is 34.5 Å². The second-order valence-corrected chi connectivity index (χ2v) is 8.42. The van der Waals surface area contributed by atoms with Gasteiger partial charge in [0.25, 0.3) is 0 Å². The number of pyridine rings is 1. The lowest BCUT2D eigenvalue weighted by Crippen LogP contribution is -2.31. The number of anilines is 1. The van der Waals surface area contributed by atoms with Crippen LogP contribution in [0.15, 0.2) is 54.6 Å². The fourth-order valence-corrected chi connectivity index (χ4v) is 4.67. The van der Waals surface area contributed by atoms with Gasteiger partial charge in [0.2, 0.25) is 0 Å². The first-order valence-electron chi connectivity index (χ1n) is 10.2. The maximum Gasteiger partial charge on any atom is 0.155 e. The van der Waals surface area contributed by atoms with Crippen molar-refractivity contribution in [2.75, 3.05) is 11.4 Å². The molecule has 0 saturated carbocycles. The number of halogens is 2. The predicted molar refractivity (Wildman–Crippen MR) is 121 cm³/mol. The van der Waals surface area contributed by atoms with Crippen molar-refractivity contribution >= 4 is 28.3 Å². The summed E-state index contributed by atoms with van der Waals surface area (Å²) in [5, 5.41) is 1.64. The van der Waals surface area contributed by atoms with Crippen molar-refractivity contribution in [3.63, 3.8) is 0 Å². The number of fused-ring (bicyclic) bond motifs is 2. The summed E-state index contributed by atoms with van der Waals surface area (Å²) >= 11 is 6.47. The van der Waals surface area contributed by atoms with Crippen molar-refractivity contribution in [1.29, 1.82) is 0 Å². The highest BCUT2D eigenvalue weighted by Gasteiger charge is 2.24. The molecule has 3 nitrogen and oxygen atoms in total.